The normalized spacial score (nSPS) is 10.5. The number of methoxy groups -OCH3 is 1. The summed E-state index contributed by atoms with van der Waals surface area (Å²) in [6.07, 6.45) is 0. The number of rotatable bonds is 6. The summed E-state index contributed by atoms with van der Waals surface area (Å²) in [6, 6.07) is 9.98. The van der Waals surface area contributed by atoms with E-state index in [-0.39, 0.29) is 12.5 Å². The Morgan fingerprint density at radius 1 is 1.03 bits per heavy atom. The number of benzene rings is 1. The Labute approximate surface area is 167 Å². The van der Waals surface area contributed by atoms with Crippen LogP contribution in [0.5, 0.6) is 5.75 Å². The van der Waals surface area contributed by atoms with Gasteiger partial charge in [0.25, 0.3) is 11.9 Å². The lowest BCUT2D eigenvalue weighted by molar-refractivity contribution is -0.118. The second kappa shape index (κ2) is 8.51. The molecular formula is C20H21N5O4. The van der Waals surface area contributed by atoms with Gasteiger partial charge in [0.2, 0.25) is 0 Å². The molecule has 9 heteroatoms. The summed E-state index contributed by atoms with van der Waals surface area (Å²) >= 11 is 0. The minimum atomic E-state index is -0.479. The lowest BCUT2D eigenvalue weighted by Crippen LogP contribution is -2.22. The van der Waals surface area contributed by atoms with E-state index in [4.69, 9.17) is 4.74 Å². The van der Waals surface area contributed by atoms with Crippen molar-refractivity contribution in [2.24, 2.45) is 0 Å². The molecule has 0 saturated heterocycles. The molecule has 2 heterocycles. The minimum absolute atomic E-state index is 0.247. The van der Waals surface area contributed by atoms with Gasteiger partial charge in [0.1, 0.15) is 11.6 Å². The van der Waals surface area contributed by atoms with Gasteiger partial charge < -0.3 is 14.8 Å². The summed E-state index contributed by atoms with van der Waals surface area (Å²) in [4.78, 5) is 32.7. The van der Waals surface area contributed by atoms with Crippen molar-refractivity contribution in [1.29, 1.82) is 0 Å². The van der Waals surface area contributed by atoms with Gasteiger partial charge in [-0.25, -0.2) is 14.8 Å². The maximum atomic E-state index is 12.4. The standard InChI is InChI=1S/C20H21N5O4/c1-12-8-13(2)22-20(21-12)25-17(9-14(3)24-25)23-18(26)11-29-16-7-5-6-15(10-16)19(27)28-4/h5-10H,11H2,1-4H3,(H,23,26). The predicted octanol–water partition coefficient (Wildman–Crippen LogP) is 2.39. The number of nitrogens with one attached hydrogen (secondary N) is 1. The van der Waals surface area contributed by atoms with Gasteiger partial charge in [-0.2, -0.15) is 9.78 Å². The van der Waals surface area contributed by atoms with Crippen LogP contribution in [0.1, 0.15) is 27.4 Å². The maximum Gasteiger partial charge on any atom is 0.337 e. The molecule has 9 nitrogen and oxygen atoms in total. The first-order valence-corrected chi connectivity index (χ1v) is 8.86. The van der Waals surface area contributed by atoms with Gasteiger partial charge >= 0.3 is 5.97 Å². The second-order valence-corrected chi connectivity index (χ2v) is 6.39. The van der Waals surface area contributed by atoms with Gasteiger partial charge in [-0.3, -0.25) is 4.79 Å². The molecule has 0 spiro atoms. The average molecular weight is 395 g/mol. The van der Waals surface area contributed by atoms with Crippen LogP contribution in [0.4, 0.5) is 5.82 Å². The molecule has 0 atom stereocenters. The number of amides is 1. The van der Waals surface area contributed by atoms with E-state index >= 15 is 0 Å². The van der Waals surface area contributed by atoms with Crippen molar-refractivity contribution in [3.63, 3.8) is 0 Å². The van der Waals surface area contributed by atoms with E-state index in [1.54, 1.807) is 24.3 Å². The molecule has 0 radical (unpaired) electrons. The maximum absolute atomic E-state index is 12.4. The molecule has 0 aliphatic rings. The lowest BCUT2D eigenvalue weighted by atomic mass is 10.2. The number of anilines is 1. The van der Waals surface area contributed by atoms with Crippen LogP contribution in [-0.4, -0.2) is 45.3 Å². The highest BCUT2D eigenvalue weighted by molar-refractivity contribution is 5.91. The van der Waals surface area contributed by atoms with Crippen LogP contribution < -0.4 is 10.1 Å². The van der Waals surface area contributed by atoms with Crippen molar-refractivity contribution in [1.82, 2.24) is 19.7 Å². The van der Waals surface area contributed by atoms with Crippen LogP contribution >= 0.6 is 0 Å². The first-order chi connectivity index (χ1) is 13.9. The van der Waals surface area contributed by atoms with Crippen LogP contribution in [0.25, 0.3) is 5.95 Å². The van der Waals surface area contributed by atoms with Crippen LogP contribution in [0.2, 0.25) is 0 Å². The van der Waals surface area contributed by atoms with Crippen molar-refractivity contribution in [3.05, 3.63) is 59.0 Å². The van der Waals surface area contributed by atoms with Gasteiger partial charge in [-0.05, 0) is 45.0 Å². The number of nitrogens with zero attached hydrogens (tertiary/aromatic N) is 4. The minimum Gasteiger partial charge on any atom is -0.484 e. The Balaban J connectivity index is 1.71. The molecular weight excluding hydrogens is 374 g/mol. The van der Waals surface area contributed by atoms with Gasteiger partial charge in [-0.1, -0.05) is 6.07 Å². The Hall–Kier alpha value is -3.75. The summed E-state index contributed by atoms with van der Waals surface area (Å²) in [5.74, 6) is 0.319. The summed E-state index contributed by atoms with van der Waals surface area (Å²) < 4.78 is 11.6. The van der Waals surface area contributed by atoms with E-state index in [0.29, 0.717) is 28.8 Å². The molecule has 3 rings (SSSR count). The molecule has 0 saturated carbocycles. The third-order valence-electron chi connectivity index (χ3n) is 3.88. The summed E-state index contributed by atoms with van der Waals surface area (Å²) in [5.41, 5.74) is 2.64. The number of aromatic nitrogens is 4. The van der Waals surface area contributed by atoms with E-state index in [1.807, 2.05) is 26.8 Å². The number of aryl methyl sites for hydroxylation is 3. The monoisotopic (exact) mass is 395 g/mol. The first kappa shape index (κ1) is 20.0. The highest BCUT2D eigenvalue weighted by Gasteiger charge is 2.14. The number of ether oxygens (including phenoxy) is 2. The molecule has 2 aromatic heterocycles. The molecule has 1 amide bonds. The highest BCUT2D eigenvalue weighted by atomic mass is 16.5. The largest absolute Gasteiger partial charge is 0.484 e. The van der Waals surface area contributed by atoms with Crippen LogP contribution in [0.3, 0.4) is 0 Å². The average Bonchev–Trinajstić information content (AvgIpc) is 3.05. The van der Waals surface area contributed by atoms with E-state index in [0.717, 1.165) is 11.4 Å². The van der Waals surface area contributed by atoms with E-state index in [2.05, 4.69) is 25.1 Å². The van der Waals surface area contributed by atoms with Gasteiger partial charge in [-0.15, -0.1) is 0 Å². The zero-order chi connectivity index (χ0) is 21.0. The second-order valence-electron chi connectivity index (χ2n) is 6.39. The fourth-order valence-corrected chi connectivity index (χ4v) is 2.70. The molecule has 0 aliphatic heterocycles. The molecule has 1 N–H and O–H groups in total. The van der Waals surface area contributed by atoms with Gasteiger partial charge in [0, 0.05) is 17.5 Å². The van der Waals surface area contributed by atoms with E-state index in [1.165, 1.54) is 17.9 Å². The summed E-state index contributed by atoms with van der Waals surface area (Å²) in [7, 11) is 1.30. The molecule has 0 aliphatic carbocycles. The van der Waals surface area contributed by atoms with Crippen molar-refractivity contribution in [3.8, 4) is 11.7 Å². The topological polar surface area (TPSA) is 108 Å². The van der Waals surface area contributed by atoms with Crippen molar-refractivity contribution in [2.75, 3.05) is 19.0 Å². The van der Waals surface area contributed by atoms with Crippen LogP contribution in [0, 0.1) is 20.8 Å². The smallest absolute Gasteiger partial charge is 0.337 e. The molecule has 1 aromatic carbocycles. The molecule has 3 aromatic rings. The number of hydrogen-bond donors (Lipinski definition) is 1. The van der Waals surface area contributed by atoms with Crippen LogP contribution in [0.15, 0.2) is 36.4 Å². The van der Waals surface area contributed by atoms with E-state index in [9.17, 15) is 9.59 Å². The van der Waals surface area contributed by atoms with Crippen molar-refractivity contribution in [2.45, 2.75) is 20.8 Å². The number of carbonyl (C=O) groups is 2. The Bertz CT molecular complexity index is 1040. The predicted molar refractivity (Wildman–Crippen MR) is 105 cm³/mol. The zero-order valence-corrected chi connectivity index (χ0v) is 16.6. The number of esters is 1. The molecule has 0 fully saturated rings. The lowest BCUT2D eigenvalue weighted by Gasteiger charge is -2.10. The molecule has 150 valence electrons. The van der Waals surface area contributed by atoms with E-state index < -0.39 is 5.97 Å². The van der Waals surface area contributed by atoms with Crippen molar-refractivity contribution < 1.29 is 19.1 Å². The first-order valence-electron chi connectivity index (χ1n) is 8.86. The summed E-state index contributed by atoms with van der Waals surface area (Å²) in [6.45, 7) is 5.29. The zero-order valence-electron chi connectivity index (χ0n) is 16.6. The molecule has 0 unspecified atom stereocenters. The fourth-order valence-electron chi connectivity index (χ4n) is 2.70. The van der Waals surface area contributed by atoms with Crippen LogP contribution in [-0.2, 0) is 9.53 Å². The molecule has 29 heavy (non-hydrogen) atoms. The number of carbonyl (C=O) groups excluding carboxylic acids is 2. The Kier molecular flexibility index (Phi) is 5.87. The quantitative estimate of drug-likeness (QED) is 0.638. The third kappa shape index (κ3) is 4.95. The fraction of sp³-hybridized carbons (Fsp3) is 0.250. The summed E-state index contributed by atoms with van der Waals surface area (Å²) in [5, 5.41) is 7.11. The molecule has 0 bridgehead atoms. The third-order valence-corrected chi connectivity index (χ3v) is 3.88. The number of hydrogen-bond acceptors (Lipinski definition) is 7. The highest BCUT2D eigenvalue weighted by Crippen LogP contribution is 2.17. The van der Waals surface area contributed by atoms with Gasteiger partial charge in [0.05, 0.1) is 18.4 Å². The Morgan fingerprint density at radius 3 is 2.45 bits per heavy atom. The Morgan fingerprint density at radius 2 is 1.76 bits per heavy atom. The van der Waals surface area contributed by atoms with Crippen molar-refractivity contribution >= 4 is 17.7 Å². The SMILES string of the molecule is COC(=O)c1cccc(OCC(=O)Nc2cc(C)nn2-c2nc(C)cc(C)n2)c1. The van der Waals surface area contributed by atoms with Gasteiger partial charge in [0.15, 0.2) is 6.61 Å².